The molecule has 0 aliphatic rings. The van der Waals surface area contributed by atoms with E-state index in [-0.39, 0.29) is 25.7 Å². The van der Waals surface area contributed by atoms with Gasteiger partial charge in [0.25, 0.3) is 0 Å². The number of carbonyl (C=O) groups is 4. The number of aliphatic hydroxyl groups excluding tert-OH is 1. The molecule has 0 saturated heterocycles. The Kier molecular flexibility index (Phi) is 69.3. The van der Waals surface area contributed by atoms with Gasteiger partial charge in [-0.3, -0.25) is 37.3 Å². The quantitative estimate of drug-likeness (QED) is 0.0222. The topological polar surface area (TPSA) is 237 Å². The Morgan fingerprint density at radius 1 is 0.286 bits per heavy atom. The van der Waals surface area contributed by atoms with Gasteiger partial charge in [0, 0.05) is 25.7 Å². The molecule has 0 aromatic rings. The maximum Gasteiger partial charge on any atom is 0.472 e. The number of rotatable bonds is 78. The molecule has 0 aromatic carbocycles. The van der Waals surface area contributed by atoms with Crippen molar-refractivity contribution in [3.8, 4) is 0 Å². The van der Waals surface area contributed by atoms with Crippen LogP contribution in [-0.2, 0) is 65.4 Å². The lowest BCUT2D eigenvalue weighted by Crippen LogP contribution is -2.30. The Morgan fingerprint density at radius 3 is 0.724 bits per heavy atom. The minimum atomic E-state index is -4.96. The lowest BCUT2D eigenvalue weighted by molar-refractivity contribution is -0.161. The van der Waals surface area contributed by atoms with Gasteiger partial charge < -0.3 is 33.8 Å². The van der Waals surface area contributed by atoms with Crippen LogP contribution in [0.15, 0.2) is 0 Å². The van der Waals surface area contributed by atoms with Crippen LogP contribution in [0.5, 0.6) is 0 Å². The van der Waals surface area contributed by atoms with Crippen LogP contribution in [0.4, 0.5) is 0 Å². The van der Waals surface area contributed by atoms with Crippen LogP contribution in [0.1, 0.15) is 414 Å². The number of phosphoric acid groups is 2. The van der Waals surface area contributed by atoms with Gasteiger partial charge in [-0.2, -0.15) is 0 Å². The summed E-state index contributed by atoms with van der Waals surface area (Å²) < 4.78 is 68.6. The van der Waals surface area contributed by atoms with Gasteiger partial charge in [-0.05, 0) is 37.5 Å². The van der Waals surface area contributed by atoms with Crippen LogP contribution in [0, 0.1) is 11.8 Å². The second-order valence-corrected chi connectivity index (χ2v) is 31.8. The smallest absolute Gasteiger partial charge is 0.462 e. The van der Waals surface area contributed by atoms with Gasteiger partial charge >= 0.3 is 39.5 Å². The summed E-state index contributed by atoms with van der Waals surface area (Å²) in [6.45, 7) is 9.64. The molecule has 0 saturated carbocycles. The number of carbonyl (C=O) groups excluding carboxylic acids is 4. The summed E-state index contributed by atoms with van der Waals surface area (Å²) in [4.78, 5) is 72.9. The fourth-order valence-corrected chi connectivity index (χ4v) is 13.7. The monoisotopic (exact) mass is 1440 g/mol. The first-order valence-electron chi connectivity index (χ1n) is 41.1. The molecular weight excluding hydrogens is 1280 g/mol. The van der Waals surface area contributed by atoms with Crippen LogP contribution in [-0.4, -0.2) is 96.7 Å². The molecule has 582 valence electrons. The molecule has 0 aromatic heterocycles. The molecule has 3 N–H and O–H groups in total. The van der Waals surface area contributed by atoms with E-state index in [1.54, 1.807) is 0 Å². The van der Waals surface area contributed by atoms with Crippen LogP contribution in [0.25, 0.3) is 0 Å². The molecule has 7 atom stereocenters. The predicted octanol–water partition coefficient (Wildman–Crippen LogP) is 23.5. The number of esters is 4. The zero-order chi connectivity index (χ0) is 72.1. The first-order valence-corrected chi connectivity index (χ1v) is 44.1. The summed E-state index contributed by atoms with van der Waals surface area (Å²) in [7, 11) is -9.91. The van der Waals surface area contributed by atoms with E-state index in [9.17, 15) is 43.2 Å². The van der Waals surface area contributed by atoms with Gasteiger partial charge in [-0.1, -0.05) is 363 Å². The van der Waals surface area contributed by atoms with E-state index in [0.717, 1.165) is 108 Å². The third-order valence-corrected chi connectivity index (χ3v) is 21.1. The molecule has 0 aliphatic carbocycles. The molecule has 17 nitrogen and oxygen atoms in total. The summed E-state index contributed by atoms with van der Waals surface area (Å²) in [5, 5.41) is 10.6. The van der Waals surface area contributed by atoms with E-state index >= 15 is 0 Å². The van der Waals surface area contributed by atoms with Crippen molar-refractivity contribution in [2.75, 3.05) is 39.6 Å². The molecular formula is C79H154O17P2. The number of hydrogen-bond donors (Lipinski definition) is 3. The summed E-state index contributed by atoms with van der Waals surface area (Å²) >= 11 is 0. The maximum atomic E-state index is 13.1. The van der Waals surface area contributed by atoms with E-state index in [4.69, 9.17) is 37.0 Å². The third-order valence-electron chi connectivity index (χ3n) is 19.2. The molecule has 98 heavy (non-hydrogen) atoms. The largest absolute Gasteiger partial charge is 0.472 e. The van der Waals surface area contributed by atoms with Gasteiger partial charge in [0.1, 0.15) is 19.3 Å². The number of phosphoric ester groups is 2. The Hall–Kier alpha value is -1.94. The third kappa shape index (κ3) is 69.8. The summed E-state index contributed by atoms with van der Waals surface area (Å²) in [5.41, 5.74) is 0. The highest BCUT2D eigenvalue weighted by atomic mass is 31.2. The normalized spacial score (nSPS) is 14.5. The van der Waals surface area contributed by atoms with Crippen molar-refractivity contribution >= 4 is 39.5 Å². The summed E-state index contributed by atoms with van der Waals surface area (Å²) in [6.07, 6.45) is 59.6. The zero-order valence-electron chi connectivity index (χ0n) is 64.1. The van der Waals surface area contributed by atoms with Crippen molar-refractivity contribution in [1.29, 1.82) is 0 Å². The van der Waals surface area contributed by atoms with Crippen molar-refractivity contribution in [3.63, 3.8) is 0 Å². The summed E-state index contributed by atoms with van der Waals surface area (Å²) in [5.74, 6) is -0.509. The van der Waals surface area contributed by atoms with E-state index in [2.05, 4.69) is 41.5 Å². The highest BCUT2D eigenvalue weighted by molar-refractivity contribution is 7.47. The number of aliphatic hydroxyl groups is 1. The molecule has 19 heteroatoms. The Bertz CT molecular complexity index is 1890. The minimum Gasteiger partial charge on any atom is -0.462 e. The van der Waals surface area contributed by atoms with Crippen molar-refractivity contribution in [2.24, 2.45) is 11.8 Å². The fraction of sp³-hybridized carbons (Fsp3) is 0.949. The zero-order valence-corrected chi connectivity index (χ0v) is 65.9. The van der Waals surface area contributed by atoms with Crippen molar-refractivity contribution in [1.82, 2.24) is 0 Å². The van der Waals surface area contributed by atoms with Crippen LogP contribution < -0.4 is 0 Å². The average molecular weight is 1440 g/mol. The Balaban J connectivity index is 5.20. The van der Waals surface area contributed by atoms with E-state index in [0.29, 0.717) is 25.7 Å². The lowest BCUT2D eigenvalue weighted by atomic mass is 9.99. The Labute approximate surface area is 600 Å². The average Bonchev–Trinajstić information content (AvgIpc) is 1.21. The summed E-state index contributed by atoms with van der Waals surface area (Å²) in [6, 6.07) is 0. The minimum absolute atomic E-state index is 0.107. The second-order valence-electron chi connectivity index (χ2n) is 28.9. The highest BCUT2D eigenvalue weighted by Crippen LogP contribution is 2.45. The van der Waals surface area contributed by atoms with Crippen molar-refractivity contribution in [2.45, 2.75) is 432 Å². The van der Waals surface area contributed by atoms with Crippen LogP contribution >= 0.6 is 15.6 Å². The van der Waals surface area contributed by atoms with E-state index in [1.165, 1.54) is 225 Å². The molecule has 0 rings (SSSR count). The molecule has 0 spiro atoms. The maximum absolute atomic E-state index is 13.1. The molecule has 0 fully saturated rings. The molecule has 4 unspecified atom stereocenters. The fourth-order valence-electron chi connectivity index (χ4n) is 12.1. The SMILES string of the molecule is CCCCCCCCCCCCCCCCC(=O)OC[C@H](COP(=O)(O)OC[C@@H](O)COP(=O)(O)OC[C@@H](COC(=O)CCCCCCCCC(C)CC)OC(=O)CCCCCCCCCCCCCC)OC(=O)CCCCCCCCCCCCCCCCCCCCC(C)CC. The molecule has 0 radical (unpaired) electrons. The highest BCUT2D eigenvalue weighted by Gasteiger charge is 2.30. The van der Waals surface area contributed by atoms with Gasteiger partial charge in [0.2, 0.25) is 0 Å². The second kappa shape index (κ2) is 70.7. The molecule has 0 bridgehead atoms. The molecule has 0 amide bonds. The number of unbranched alkanes of at least 4 members (excludes halogenated alkanes) is 46. The first kappa shape index (κ1) is 96.1. The lowest BCUT2D eigenvalue weighted by Gasteiger charge is -2.21. The standard InChI is InChI=1S/C79H154O17P2/c1-7-11-13-15-17-19-21-23-31-35-38-42-49-55-61-76(81)89-67-74(95-79(84)64-58-52-44-40-36-32-29-27-25-24-26-28-30-33-37-41-47-53-59-71(5)9-3)69-93-97(85,86)91-65-73(80)66-92-98(87,88)94-70-75(68-90-77(82)62-56-50-46-45-48-54-60-72(6)10-4)96-78(83)63-57-51-43-39-34-22-20-18-16-14-12-8-2/h71-75,80H,7-70H2,1-6H3,(H,85,86)(H,87,88)/t71?,72?,73-,74-,75-/m1/s1. The predicted molar refractivity (Wildman–Crippen MR) is 400 cm³/mol. The van der Waals surface area contributed by atoms with Gasteiger partial charge in [0.05, 0.1) is 26.4 Å². The van der Waals surface area contributed by atoms with Crippen molar-refractivity contribution in [3.05, 3.63) is 0 Å². The van der Waals surface area contributed by atoms with E-state index in [1.807, 2.05) is 0 Å². The molecule has 0 heterocycles. The van der Waals surface area contributed by atoms with Crippen LogP contribution in [0.3, 0.4) is 0 Å². The number of ether oxygens (including phenoxy) is 4. The van der Waals surface area contributed by atoms with Crippen molar-refractivity contribution < 1.29 is 80.2 Å². The van der Waals surface area contributed by atoms with Gasteiger partial charge in [0.15, 0.2) is 12.2 Å². The Morgan fingerprint density at radius 2 is 0.490 bits per heavy atom. The number of hydrogen-bond acceptors (Lipinski definition) is 15. The van der Waals surface area contributed by atoms with Gasteiger partial charge in [-0.25, -0.2) is 9.13 Å². The first-order chi connectivity index (χ1) is 47.4. The van der Waals surface area contributed by atoms with E-state index < -0.39 is 97.5 Å². The van der Waals surface area contributed by atoms with Gasteiger partial charge in [-0.15, -0.1) is 0 Å². The molecule has 0 aliphatic heterocycles. The van der Waals surface area contributed by atoms with Crippen LogP contribution in [0.2, 0.25) is 0 Å².